The van der Waals surface area contributed by atoms with Crippen LogP contribution in [0.15, 0.2) is 66.5 Å². The number of benzene rings is 2. The maximum Gasteiger partial charge on any atom is 0.354 e. The van der Waals surface area contributed by atoms with Crippen LogP contribution < -0.4 is 5.32 Å². The van der Waals surface area contributed by atoms with Crippen molar-refractivity contribution in [2.75, 3.05) is 13.7 Å². The smallest absolute Gasteiger partial charge is 0.354 e. The Morgan fingerprint density at radius 3 is 2.61 bits per heavy atom. The van der Waals surface area contributed by atoms with Crippen LogP contribution in [0, 0.1) is 0 Å². The summed E-state index contributed by atoms with van der Waals surface area (Å²) in [5, 5.41) is 4.01. The molecule has 0 saturated carbocycles. The largest absolute Gasteiger partial charge is 0.461 e. The first-order valence-corrected chi connectivity index (χ1v) is 9.34. The highest BCUT2D eigenvalue weighted by atomic mass is 35.5. The van der Waals surface area contributed by atoms with Crippen LogP contribution in [0.1, 0.15) is 22.8 Å². The van der Waals surface area contributed by atoms with E-state index < -0.39 is 5.97 Å². The fourth-order valence-corrected chi connectivity index (χ4v) is 3.20. The Morgan fingerprint density at radius 2 is 1.93 bits per heavy atom. The summed E-state index contributed by atoms with van der Waals surface area (Å²) in [4.78, 5) is 24.9. The van der Waals surface area contributed by atoms with Crippen molar-refractivity contribution in [2.24, 2.45) is 0 Å². The zero-order chi connectivity index (χ0) is 20.1. The zero-order valence-corrected chi connectivity index (χ0v) is 16.5. The van der Waals surface area contributed by atoms with Crippen LogP contribution >= 0.6 is 11.6 Å². The fraction of sp³-hybridized carbons (Fsp3) is 0.182. The van der Waals surface area contributed by atoms with Crippen LogP contribution in [-0.2, 0) is 16.1 Å². The molecule has 1 heterocycles. The minimum absolute atomic E-state index is 0.109. The Hall–Kier alpha value is -3.05. The van der Waals surface area contributed by atoms with Gasteiger partial charge >= 0.3 is 5.97 Å². The number of carbonyl (C=O) groups excluding carboxylic acids is 2. The van der Waals surface area contributed by atoms with Crippen molar-refractivity contribution in [3.8, 4) is 0 Å². The lowest BCUT2D eigenvalue weighted by molar-refractivity contribution is -0.138. The summed E-state index contributed by atoms with van der Waals surface area (Å²) in [6.45, 7) is 2.57. The Balaban J connectivity index is 2.04. The monoisotopic (exact) mass is 396 g/mol. The molecule has 0 unspecified atom stereocenters. The molecule has 0 radical (unpaired) electrons. The number of esters is 1. The number of likely N-dealkylation sites (N-methyl/N-ethyl adjacent to an activating group) is 1. The molecule has 1 N–H and O–H groups in total. The molecule has 0 atom stereocenters. The number of ether oxygens (including phenoxy) is 1. The minimum atomic E-state index is -0.565. The van der Waals surface area contributed by atoms with Crippen molar-refractivity contribution in [3.05, 3.63) is 82.7 Å². The second-order valence-electron chi connectivity index (χ2n) is 6.21. The summed E-state index contributed by atoms with van der Waals surface area (Å²) < 4.78 is 6.98. The van der Waals surface area contributed by atoms with Crippen LogP contribution in [0.25, 0.3) is 10.9 Å². The standard InChI is InChI=1S/C22H21ClN2O3/c1-3-28-22(27)19(24-2)12-21(26)18-14-25(13-15-7-5-4-6-8-15)20-10-9-16(23)11-17(18)20/h4-12,14,24H,3,13H2,1-2H3. The first kappa shape index (κ1) is 19.7. The average Bonchev–Trinajstić information content (AvgIpc) is 3.04. The van der Waals surface area contributed by atoms with Gasteiger partial charge in [-0.3, -0.25) is 4.79 Å². The first-order valence-electron chi connectivity index (χ1n) is 8.96. The average molecular weight is 397 g/mol. The number of hydrogen-bond donors (Lipinski definition) is 1. The van der Waals surface area contributed by atoms with E-state index in [0.717, 1.165) is 16.5 Å². The summed E-state index contributed by atoms with van der Waals surface area (Å²) in [7, 11) is 1.57. The van der Waals surface area contributed by atoms with E-state index in [9.17, 15) is 9.59 Å². The number of fused-ring (bicyclic) bond motifs is 1. The Bertz CT molecular complexity index is 1040. The summed E-state index contributed by atoms with van der Waals surface area (Å²) >= 11 is 6.17. The van der Waals surface area contributed by atoms with Gasteiger partial charge in [-0.2, -0.15) is 0 Å². The lowest BCUT2D eigenvalue weighted by Gasteiger charge is -2.05. The van der Waals surface area contributed by atoms with Crippen molar-refractivity contribution in [2.45, 2.75) is 13.5 Å². The second kappa shape index (κ2) is 8.76. The van der Waals surface area contributed by atoms with E-state index in [0.29, 0.717) is 17.1 Å². The van der Waals surface area contributed by atoms with E-state index in [2.05, 4.69) is 5.32 Å². The molecule has 0 spiro atoms. The lowest BCUT2D eigenvalue weighted by atomic mass is 10.1. The molecule has 0 amide bonds. The third kappa shape index (κ3) is 4.26. The Morgan fingerprint density at radius 1 is 1.18 bits per heavy atom. The van der Waals surface area contributed by atoms with Gasteiger partial charge in [0.05, 0.1) is 6.61 Å². The van der Waals surface area contributed by atoms with Gasteiger partial charge in [0.1, 0.15) is 5.70 Å². The van der Waals surface area contributed by atoms with Crippen molar-refractivity contribution in [1.29, 1.82) is 0 Å². The highest BCUT2D eigenvalue weighted by Gasteiger charge is 2.17. The number of carbonyl (C=O) groups is 2. The molecule has 3 rings (SSSR count). The van der Waals surface area contributed by atoms with Crippen LogP contribution in [0.2, 0.25) is 5.02 Å². The van der Waals surface area contributed by atoms with E-state index in [4.69, 9.17) is 16.3 Å². The molecule has 0 fully saturated rings. The summed E-state index contributed by atoms with van der Waals surface area (Å²) in [5.41, 5.74) is 2.60. The van der Waals surface area contributed by atoms with Gasteiger partial charge in [0.2, 0.25) is 0 Å². The first-order chi connectivity index (χ1) is 13.5. The van der Waals surface area contributed by atoms with Crippen LogP contribution in [0.4, 0.5) is 0 Å². The second-order valence-corrected chi connectivity index (χ2v) is 6.65. The van der Waals surface area contributed by atoms with Crippen LogP contribution in [0.5, 0.6) is 0 Å². The molecule has 0 aliphatic rings. The molecule has 0 aliphatic heterocycles. The van der Waals surface area contributed by atoms with Gasteiger partial charge in [-0.25, -0.2) is 4.79 Å². The SMILES string of the molecule is CCOC(=O)C(=CC(=O)c1cn(Cc2ccccc2)c2ccc(Cl)cc12)NC. The van der Waals surface area contributed by atoms with Gasteiger partial charge in [0.15, 0.2) is 5.78 Å². The molecular formula is C22H21ClN2O3. The number of allylic oxidation sites excluding steroid dienone is 1. The van der Waals surface area contributed by atoms with E-state index in [1.54, 1.807) is 32.3 Å². The minimum Gasteiger partial charge on any atom is -0.461 e. The van der Waals surface area contributed by atoms with E-state index in [1.165, 1.54) is 6.08 Å². The van der Waals surface area contributed by atoms with Crippen molar-refractivity contribution in [1.82, 2.24) is 9.88 Å². The van der Waals surface area contributed by atoms with Gasteiger partial charge in [-0.1, -0.05) is 41.9 Å². The van der Waals surface area contributed by atoms with E-state index in [-0.39, 0.29) is 18.1 Å². The molecule has 0 bridgehead atoms. The lowest BCUT2D eigenvalue weighted by Crippen LogP contribution is -2.20. The summed E-state index contributed by atoms with van der Waals surface area (Å²) in [6.07, 6.45) is 3.06. The maximum atomic E-state index is 12.9. The van der Waals surface area contributed by atoms with Crippen molar-refractivity contribution in [3.63, 3.8) is 0 Å². The van der Waals surface area contributed by atoms with Gasteiger partial charge in [-0.05, 0) is 30.7 Å². The molecule has 1 aromatic heterocycles. The predicted molar refractivity (Wildman–Crippen MR) is 111 cm³/mol. The molecule has 6 heteroatoms. The van der Waals surface area contributed by atoms with E-state index >= 15 is 0 Å². The van der Waals surface area contributed by atoms with Crippen LogP contribution in [0.3, 0.4) is 0 Å². The Labute approximate surface area is 168 Å². The molecular weight excluding hydrogens is 376 g/mol. The van der Waals surface area contributed by atoms with Gasteiger partial charge in [0, 0.05) is 47.4 Å². The normalized spacial score (nSPS) is 11.5. The highest BCUT2D eigenvalue weighted by Crippen LogP contribution is 2.26. The number of rotatable bonds is 7. The number of halogens is 1. The van der Waals surface area contributed by atoms with Crippen LogP contribution in [-0.4, -0.2) is 30.0 Å². The van der Waals surface area contributed by atoms with Crippen molar-refractivity contribution >= 4 is 34.3 Å². The van der Waals surface area contributed by atoms with Gasteiger partial charge in [0.25, 0.3) is 0 Å². The number of nitrogens with one attached hydrogen (secondary N) is 1. The predicted octanol–water partition coefficient (Wildman–Crippen LogP) is 4.19. The third-order valence-corrected chi connectivity index (χ3v) is 4.58. The molecule has 3 aromatic rings. The van der Waals surface area contributed by atoms with E-state index in [1.807, 2.05) is 41.0 Å². The molecule has 0 saturated heterocycles. The number of aromatic nitrogens is 1. The molecule has 28 heavy (non-hydrogen) atoms. The number of hydrogen-bond acceptors (Lipinski definition) is 4. The molecule has 2 aromatic carbocycles. The van der Waals surface area contributed by atoms with Gasteiger partial charge < -0.3 is 14.6 Å². The highest BCUT2D eigenvalue weighted by molar-refractivity contribution is 6.31. The van der Waals surface area contributed by atoms with Gasteiger partial charge in [-0.15, -0.1) is 0 Å². The van der Waals surface area contributed by atoms with Crippen molar-refractivity contribution < 1.29 is 14.3 Å². The maximum absolute atomic E-state index is 12.9. The quantitative estimate of drug-likeness (QED) is 0.369. The number of ketones is 1. The third-order valence-electron chi connectivity index (χ3n) is 4.34. The number of nitrogens with zero attached hydrogens (tertiary/aromatic N) is 1. The molecule has 0 aliphatic carbocycles. The summed E-state index contributed by atoms with van der Waals surface area (Å²) in [5.74, 6) is -0.860. The molecule has 144 valence electrons. The molecule has 5 nitrogen and oxygen atoms in total. The fourth-order valence-electron chi connectivity index (χ4n) is 3.03. The Kier molecular flexibility index (Phi) is 6.16. The topological polar surface area (TPSA) is 60.3 Å². The zero-order valence-electron chi connectivity index (χ0n) is 15.7. The summed E-state index contributed by atoms with van der Waals surface area (Å²) in [6, 6.07) is 15.4.